The SMILES string of the molecule is CCCCOc1ccc(C(=O)NC[C@H](c2ccc3c(c2)CCN3C)N2CCOCC2)cc1. The molecule has 2 aliphatic rings. The summed E-state index contributed by atoms with van der Waals surface area (Å²) in [4.78, 5) is 17.6. The molecule has 0 spiro atoms. The van der Waals surface area contributed by atoms with Crippen LogP contribution in [0.25, 0.3) is 0 Å². The molecule has 2 heterocycles. The normalized spacial score (nSPS) is 17.1. The molecular formula is C26H35N3O3. The molecule has 2 aliphatic heterocycles. The van der Waals surface area contributed by atoms with E-state index >= 15 is 0 Å². The molecule has 2 aromatic rings. The zero-order valence-electron chi connectivity index (χ0n) is 19.3. The molecule has 1 fully saturated rings. The van der Waals surface area contributed by atoms with Crippen LogP contribution in [0.15, 0.2) is 42.5 Å². The van der Waals surface area contributed by atoms with Crippen LogP contribution in [0, 0.1) is 0 Å². The Bertz CT molecular complexity index is 894. The average Bonchev–Trinajstić information content (AvgIpc) is 3.20. The number of amides is 1. The minimum absolute atomic E-state index is 0.0516. The molecule has 0 bridgehead atoms. The molecule has 1 saturated heterocycles. The van der Waals surface area contributed by atoms with Crippen molar-refractivity contribution in [3.63, 3.8) is 0 Å². The number of hydrogen-bond acceptors (Lipinski definition) is 5. The predicted octanol–water partition coefficient (Wildman–Crippen LogP) is 3.66. The Morgan fingerprint density at radius 2 is 1.91 bits per heavy atom. The van der Waals surface area contributed by atoms with E-state index in [9.17, 15) is 4.79 Å². The summed E-state index contributed by atoms with van der Waals surface area (Å²) in [5.74, 6) is 0.758. The topological polar surface area (TPSA) is 54.0 Å². The third kappa shape index (κ3) is 5.43. The first-order chi connectivity index (χ1) is 15.7. The molecule has 1 amide bonds. The summed E-state index contributed by atoms with van der Waals surface area (Å²) in [6.45, 7) is 7.71. The molecule has 2 aromatic carbocycles. The lowest BCUT2D eigenvalue weighted by atomic mass is 10.00. The van der Waals surface area contributed by atoms with Crippen LogP contribution in [-0.4, -0.2) is 63.9 Å². The first kappa shape index (κ1) is 22.6. The first-order valence-corrected chi connectivity index (χ1v) is 11.8. The van der Waals surface area contributed by atoms with Gasteiger partial charge in [-0.3, -0.25) is 9.69 Å². The van der Waals surface area contributed by atoms with Crippen molar-refractivity contribution in [1.29, 1.82) is 0 Å². The van der Waals surface area contributed by atoms with E-state index in [2.05, 4.69) is 47.3 Å². The minimum atomic E-state index is -0.0516. The van der Waals surface area contributed by atoms with Crippen LogP contribution in [0.5, 0.6) is 5.75 Å². The van der Waals surface area contributed by atoms with Gasteiger partial charge in [0.15, 0.2) is 0 Å². The zero-order chi connectivity index (χ0) is 22.3. The number of morpholine rings is 1. The average molecular weight is 438 g/mol. The Kier molecular flexibility index (Phi) is 7.66. The van der Waals surface area contributed by atoms with Gasteiger partial charge in [0.05, 0.1) is 25.9 Å². The van der Waals surface area contributed by atoms with Crippen LogP contribution in [0.3, 0.4) is 0 Å². The minimum Gasteiger partial charge on any atom is -0.494 e. The molecule has 1 atom stereocenters. The van der Waals surface area contributed by atoms with E-state index in [1.807, 2.05) is 24.3 Å². The zero-order valence-corrected chi connectivity index (χ0v) is 19.3. The van der Waals surface area contributed by atoms with E-state index in [0.29, 0.717) is 18.7 Å². The Balaban J connectivity index is 1.43. The first-order valence-electron chi connectivity index (χ1n) is 11.8. The lowest BCUT2D eigenvalue weighted by Crippen LogP contribution is -2.43. The third-order valence-corrected chi connectivity index (χ3v) is 6.44. The number of likely N-dealkylation sites (N-methyl/N-ethyl adjacent to an activating group) is 1. The summed E-state index contributed by atoms with van der Waals surface area (Å²) < 4.78 is 11.3. The quantitative estimate of drug-likeness (QED) is 0.607. The van der Waals surface area contributed by atoms with Gasteiger partial charge in [-0.1, -0.05) is 25.5 Å². The van der Waals surface area contributed by atoms with Crippen LogP contribution in [0.4, 0.5) is 5.69 Å². The molecule has 172 valence electrons. The molecular weight excluding hydrogens is 402 g/mol. The standard InChI is InChI=1S/C26H35N3O3/c1-3-4-15-32-23-8-5-20(6-9-23)26(30)27-19-25(29-13-16-31-17-14-29)21-7-10-24-22(18-21)11-12-28(24)2/h5-10,18,25H,3-4,11-17,19H2,1-2H3,(H,27,30)/t25-/m1/s1. The maximum atomic E-state index is 12.9. The molecule has 0 saturated carbocycles. The van der Waals surface area contributed by atoms with Gasteiger partial charge in [-0.15, -0.1) is 0 Å². The number of hydrogen-bond donors (Lipinski definition) is 1. The smallest absolute Gasteiger partial charge is 0.251 e. The monoisotopic (exact) mass is 437 g/mol. The van der Waals surface area contributed by atoms with Gasteiger partial charge >= 0.3 is 0 Å². The van der Waals surface area contributed by atoms with Gasteiger partial charge in [-0.2, -0.15) is 0 Å². The Morgan fingerprint density at radius 1 is 1.12 bits per heavy atom. The number of benzene rings is 2. The van der Waals surface area contributed by atoms with E-state index in [1.165, 1.54) is 16.8 Å². The van der Waals surface area contributed by atoms with Gasteiger partial charge in [0.25, 0.3) is 5.91 Å². The Labute approximate surface area is 191 Å². The summed E-state index contributed by atoms with van der Waals surface area (Å²) in [5, 5.41) is 3.17. The van der Waals surface area contributed by atoms with Crippen molar-refractivity contribution in [1.82, 2.24) is 10.2 Å². The van der Waals surface area contributed by atoms with Gasteiger partial charge in [-0.05, 0) is 54.3 Å². The van der Waals surface area contributed by atoms with E-state index in [-0.39, 0.29) is 11.9 Å². The molecule has 6 heteroatoms. The second-order valence-corrected chi connectivity index (χ2v) is 8.66. The summed E-state index contributed by atoms with van der Waals surface area (Å²) in [6.07, 6.45) is 3.21. The molecule has 4 rings (SSSR count). The highest BCUT2D eigenvalue weighted by Crippen LogP contribution is 2.31. The second-order valence-electron chi connectivity index (χ2n) is 8.66. The van der Waals surface area contributed by atoms with E-state index in [1.54, 1.807) is 0 Å². The lowest BCUT2D eigenvalue weighted by Gasteiger charge is -2.35. The van der Waals surface area contributed by atoms with Gasteiger partial charge in [0.1, 0.15) is 5.75 Å². The van der Waals surface area contributed by atoms with Crippen molar-refractivity contribution in [3.8, 4) is 5.75 Å². The third-order valence-electron chi connectivity index (χ3n) is 6.44. The summed E-state index contributed by atoms with van der Waals surface area (Å²) >= 11 is 0. The van der Waals surface area contributed by atoms with E-state index in [4.69, 9.17) is 9.47 Å². The molecule has 6 nitrogen and oxygen atoms in total. The van der Waals surface area contributed by atoms with Crippen molar-refractivity contribution in [2.45, 2.75) is 32.2 Å². The Hall–Kier alpha value is -2.57. The Morgan fingerprint density at radius 3 is 2.66 bits per heavy atom. The van der Waals surface area contributed by atoms with Crippen LogP contribution in [-0.2, 0) is 11.2 Å². The number of rotatable bonds is 9. The van der Waals surface area contributed by atoms with Crippen molar-refractivity contribution >= 4 is 11.6 Å². The fourth-order valence-corrected chi connectivity index (χ4v) is 4.47. The van der Waals surface area contributed by atoms with Crippen molar-refractivity contribution < 1.29 is 14.3 Å². The van der Waals surface area contributed by atoms with Crippen LogP contribution < -0.4 is 15.0 Å². The van der Waals surface area contributed by atoms with Gasteiger partial charge in [0.2, 0.25) is 0 Å². The van der Waals surface area contributed by atoms with Gasteiger partial charge in [0, 0.05) is 44.5 Å². The number of ether oxygens (including phenoxy) is 2. The number of unbranched alkanes of at least 4 members (excludes halogenated alkanes) is 1. The molecule has 0 aliphatic carbocycles. The number of carbonyl (C=O) groups is 1. The van der Waals surface area contributed by atoms with Gasteiger partial charge in [-0.25, -0.2) is 0 Å². The molecule has 0 aromatic heterocycles. The van der Waals surface area contributed by atoms with E-state index in [0.717, 1.165) is 57.9 Å². The number of nitrogens with zero attached hydrogens (tertiary/aromatic N) is 2. The van der Waals surface area contributed by atoms with Crippen LogP contribution in [0.1, 0.15) is 47.3 Å². The number of anilines is 1. The second kappa shape index (κ2) is 10.8. The number of nitrogens with one attached hydrogen (secondary N) is 1. The molecule has 0 unspecified atom stereocenters. The number of fused-ring (bicyclic) bond motifs is 1. The summed E-state index contributed by atoms with van der Waals surface area (Å²) in [5.41, 5.74) is 4.64. The molecule has 0 radical (unpaired) electrons. The highest BCUT2D eigenvalue weighted by molar-refractivity contribution is 5.94. The van der Waals surface area contributed by atoms with Crippen LogP contribution in [0.2, 0.25) is 0 Å². The largest absolute Gasteiger partial charge is 0.494 e. The maximum Gasteiger partial charge on any atom is 0.251 e. The fourth-order valence-electron chi connectivity index (χ4n) is 4.47. The van der Waals surface area contributed by atoms with Crippen molar-refractivity contribution in [3.05, 3.63) is 59.2 Å². The number of carbonyl (C=O) groups excluding carboxylic acids is 1. The predicted molar refractivity (Wildman–Crippen MR) is 128 cm³/mol. The summed E-state index contributed by atoms with van der Waals surface area (Å²) in [7, 11) is 2.14. The molecule has 32 heavy (non-hydrogen) atoms. The van der Waals surface area contributed by atoms with Crippen molar-refractivity contribution in [2.75, 3.05) is 57.9 Å². The maximum absolute atomic E-state index is 12.9. The highest BCUT2D eigenvalue weighted by Gasteiger charge is 2.25. The van der Waals surface area contributed by atoms with Crippen LogP contribution >= 0.6 is 0 Å². The van der Waals surface area contributed by atoms with E-state index < -0.39 is 0 Å². The molecule has 1 N–H and O–H groups in total. The lowest BCUT2D eigenvalue weighted by molar-refractivity contribution is 0.0162. The summed E-state index contributed by atoms with van der Waals surface area (Å²) in [6, 6.07) is 14.3. The van der Waals surface area contributed by atoms with Gasteiger partial charge < -0.3 is 19.7 Å². The van der Waals surface area contributed by atoms with Crippen molar-refractivity contribution in [2.24, 2.45) is 0 Å². The highest BCUT2D eigenvalue weighted by atomic mass is 16.5. The fraction of sp³-hybridized carbons (Fsp3) is 0.500.